The number of fused-ring (bicyclic) bond motifs is 1. The predicted molar refractivity (Wildman–Crippen MR) is 191 cm³/mol. The maximum Gasteiger partial charge on any atom is 0.117 e. The van der Waals surface area contributed by atoms with Crippen molar-refractivity contribution in [1.82, 2.24) is 19.2 Å². The second kappa shape index (κ2) is 14.0. The largest absolute Gasteiger partial charge is 0.379 e. The average molecular weight is 615 g/mol. The zero-order valence-electron chi connectivity index (χ0n) is 24.8. The maximum absolute atomic E-state index is 4.66. The third-order valence-electron chi connectivity index (χ3n) is 8.11. The summed E-state index contributed by atoms with van der Waals surface area (Å²) in [7, 11) is -1.14. The first-order chi connectivity index (χ1) is 21.0. The molecule has 2 aromatic heterocycles. The highest BCUT2D eigenvalue weighted by Crippen LogP contribution is 2.28. The SMILES string of the molecule is C=S1(=C)CCN=CNc2[nH]c(-c3ccc(NCc4cc(CN5CCCC(N6CC=CS6)C5)ccn4)cc3)cc2C=NCC1. The average Bonchev–Trinajstić information content (AvgIpc) is 3.69. The summed E-state index contributed by atoms with van der Waals surface area (Å²) < 4.78 is 2.52. The fraction of sp³-hybridized carbons (Fsp3) is 0.364. The van der Waals surface area contributed by atoms with E-state index in [9.17, 15) is 0 Å². The van der Waals surface area contributed by atoms with Gasteiger partial charge in [0, 0.05) is 79.6 Å². The zero-order valence-corrected chi connectivity index (χ0v) is 26.4. The highest BCUT2D eigenvalue weighted by Gasteiger charge is 2.26. The van der Waals surface area contributed by atoms with Crippen LogP contribution in [-0.4, -0.2) is 93.7 Å². The maximum atomic E-state index is 4.66. The summed E-state index contributed by atoms with van der Waals surface area (Å²) in [6, 6.07) is 15.7. The fourth-order valence-corrected chi connectivity index (χ4v) is 7.71. The number of hydrogen-bond donors (Lipinski definition) is 3. The van der Waals surface area contributed by atoms with Gasteiger partial charge in [0.2, 0.25) is 0 Å². The lowest BCUT2D eigenvalue weighted by Gasteiger charge is -2.36. The highest BCUT2D eigenvalue weighted by molar-refractivity contribution is 8.27. The van der Waals surface area contributed by atoms with E-state index in [2.05, 4.69) is 105 Å². The van der Waals surface area contributed by atoms with Gasteiger partial charge in [-0.05, 0) is 78.2 Å². The van der Waals surface area contributed by atoms with Crippen LogP contribution in [0.3, 0.4) is 0 Å². The lowest BCUT2D eigenvalue weighted by Crippen LogP contribution is -2.44. The number of aromatic amines is 1. The lowest BCUT2D eigenvalue weighted by atomic mass is 10.0. The molecule has 10 heteroatoms. The van der Waals surface area contributed by atoms with Gasteiger partial charge in [-0.2, -0.15) is 0 Å². The van der Waals surface area contributed by atoms with E-state index in [0.29, 0.717) is 12.6 Å². The number of benzene rings is 1. The molecule has 5 heterocycles. The second-order valence-corrected chi connectivity index (χ2v) is 15.8. The molecule has 0 spiro atoms. The summed E-state index contributed by atoms with van der Waals surface area (Å²) in [5.41, 5.74) is 6.60. The van der Waals surface area contributed by atoms with E-state index in [4.69, 9.17) is 0 Å². The van der Waals surface area contributed by atoms with Gasteiger partial charge in [-0.3, -0.25) is 19.9 Å². The number of nitrogens with one attached hydrogen (secondary N) is 3. The first kappa shape index (κ1) is 29.7. The van der Waals surface area contributed by atoms with Gasteiger partial charge in [-0.15, -0.1) is 0 Å². The number of piperidine rings is 1. The molecule has 3 aliphatic heterocycles. The smallest absolute Gasteiger partial charge is 0.117 e. The van der Waals surface area contributed by atoms with E-state index < -0.39 is 9.21 Å². The summed E-state index contributed by atoms with van der Waals surface area (Å²) in [4.78, 5) is 19.9. The van der Waals surface area contributed by atoms with Crippen molar-refractivity contribution in [3.05, 3.63) is 77.0 Å². The molecule has 1 saturated heterocycles. The summed E-state index contributed by atoms with van der Waals surface area (Å²) in [5, 5.41) is 9.06. The van der Waals surface area contributed by atoms with Crippen LogP contribution in [0.5, 0.6) is 0 Å². The third-order valence-corrected chi connectivity index (χ3v) is 11.2. The van der Waals surface area contributed by atoms with Crippen LogP contribution in [-0.2, 0) is 13.1 Å². The molecule has 1 fully saturated rings. The molecular formula is C33H42N8S2. The number of pyridine rings is 1. The molecule has 1 aromatic carbocycles. The molecule has 3 aliphatic rings. The van der Waals surface area contributed by atoms with E-state index in [1.807, 2.05) is 24.4 Å². The van der Waals surface area contributed by atoms with Crippen LogP contribution in [0.1, 0.15) is 29.7 Å². The molecule has 226 valence electrons. The van der Waals surface area contributed by atoms with Crippen LogP contribution >= 0.6 is 21.2 Å². The quantitative estimate of drug-likeness (QED) is 0.235. The first-order valence-corrected chi connectivity index (χ1v) is 18.2. The molecule has 1 unspecified atom stereocenters. The number of H-pyrrole nitrogens is 1. The van der Waals surface area contributed by atoms with Crippen LogP contribution in [0.25, 0.3) is 11.3 Å². The molecule has 0 saturated carbocycles. The number of aliphatic imine (C=N–C) groups is 2. The van der Waals surface area contributed by atoms with Crippen molar-refractivity contribution in [1.29, 1.82) is 0 Å². The minimum Gasteiger partial charge on any atom is -0.379 e. The van der Waals surface area contributed by atoms with Gasteiger partial charge < -0.3 is 15.6 Å². The van der Waals surface area contributed by atoms with E-state index in [-0.39, 0.29) is 0 Å². The minimum atomic E-state index is -1.14. The molecule has 0 bridgehead atoms. The Morgan fingerprint density at radius 2 is 1.93 bits per heavy atom. The van der Waals surface area contributed by atoms with Gasteiger partial charge in [0.05, 0.1) is 18.6 Å². The Kier molecular flexibility index (Phi) is 9.67. The molecular weight excluding hydrogens is 573 g/mol. The van der Waals surface area contributed by atoms with Gasteiger partial charge in [-0.25, -0.2) is 13.5 Å². The molecule has 3 aromatic rings. The van der Waals surface area contributed by atoms with Crippen molar-refractivity contribution in [2.45, 2.75) is 32.0 Å². The third kappa shape index (κ3) is 8.20. The van der Waals surface area contributed by atoms with Crippen molar-refractivity contribution in [2.24, 2.45) is 9.98 Å². The fourth-order valence-electron chi connectivity index (χ4n) is 5.68. The summed E-state index contributed by atoms with van der Waals surface area (Å²) in [6.45, 7) is 6.49. The summed E-state index contributed by atoms with van der Waals surface area (Å²) in [5.74, 6) is 11.3. The Hall–Kier alpha value is -3.31. The number of likely N-dealkylation sites (tertiary alicyclic amines) is 1. The second-order valence-electron chi connectivity index (χ2n) is 11.6. The monoisotopic (exact) mass is 614 g/mol. The number of rotatable bonds is 7. The molecule has 0 amide bonds. The molecule has 1 atom stereocenters. The van der Waals surface area contributed by atoms with E-state index in [1.54, 1.807) is 6.34 Å². The number of hydrogen-bond acceptors (Lipinski definition) is 8. The molecule has 3 N–H and O–H groups in total. The van der Waals surface area contributed by atoms with Gasteiger partial charge in [-0.1, -0.05) is 29.9 Å². The van der Waals surface area contributed by atoms with Gasteiger partial charge in [0.25, 0.3) is 0 Å². The topological polar surface area (TPSA) is 83.9 Å². The van der Waals surface area contributed by atoms with Crippen LogP contribution in [0, 0.1) is 0 Å². The summed E-state index contributed by atoms with van der Waals surface area (Å²) >= 11 is 1.86. The van der Waals surface area contributed by atoms with Crippen LogP contribution in [0.2, 0.25) is 0 Å². The van der Waals surface area contributed by atoms with Crippen molar-refractivity contribution in [3.8, 4) is 11.3 Å². The standard InChI is InChI=1S/C33H42N8S2/c1-43(2)17-12-34-21-28-20-32(39-33(28)38-25-35-13-18-43)27-6-8-29(9-7-27)37-22-30-19-26(10-11-36-30)23-40-14-3-5-31(24-40)41-15-4-16-42-41/h4,6-11,16,19-21,25,31,37,39H,1-3,5,12-15,17-18,22-24H2,(H,35,38). The molecule has 8 nitrogen and oxygen atoms in total. The van der Waals surface area contributed by atoms with E-state index in [1.165, 1.54) is 24.9 Å². The Balaban J connectivity index is 1.05. The van der Waals surface area contributed by atoms with E-state index >= 15 is 0 Å². The van der Waals surface area contributed by atoms with Crippen molar-refractivity contribution >= 4 is 57.0 Å². The number of anilines is 2. The Morgan fingerprint density at radius 1 is 1.07 bits per heavy atom. The predicted octanol–water partition coefficient (Wildman–Crippen LogP) is 5.67. The van der Waals surface area contributed by atoms with Crippen LogP contribution in [0.15, 0.2) is 70.1 Å². The zero-order chi connectivity index (χ0) is 29.5. The van der Waals surface area contributed by atoms with Gasteiger partial charge in [0.1, 0.15) is 5.82 Å². The normalized spacial score (nSPS) is 21.1. The Labute approximate surface area is 260 Å². The van der Waals surface area contributed by atoms with Gasteiger partial charge >= 0.3 is 0 Å². The van der Waals surface area contributed by atoms with Gasteiger partial charge in [0.15, 0.2) is 0 Å². The minimum absolute atomic E-state index is 0.635. The highest BCUT2D eigenvalue weighted by atomic mass is 32.2. The Morgan fingerprint density at radius 3 is 2.77 bits per heavy atom. The van der Waals surface area contributed by atoms with Crippen LogP contribution in [0.4, 0.5) is 11.5 Å². The molecule has 43 heavy (non-hydrogen) atoms. The van der Waals surface area contributed by atoms with Crippen LogP contribution < -0.4 is 10.6 Å². The molecule has 6 rings (SSSR count). The van der Waals surface area contributed by atoms with Crippen molar-refractivity contribution < 1.29 is 0 Å². The number of aromatic nitrogens is 2. The molecule has 0 radical (unpaired) electrons. The Bertz CT molecular complexity index is 1560. The lowest BCUT2D eigenvalue weighted by molar-refractivity contribution is 0.154. The first-order valence-electron chi connectivity index (χ1n) is 15.0. The van der Waals surface area contributed by atoms with Crippen molar-refractivity contribution in [3.63, 3.8) is 0 Å². The summed E-state index contributed by atoms with van der Waals surface area (Å²) in [6.07, 6.45) is 10.4. The van der Waals surface area contributed by atoms with E-state index in [0.717, 1.165) is 78.2 Å². The molecule has 0 aliphatic carbocycles. The van der Waals surface area contributed by atoms with Crippen molar-refractivity contribution in [2.75, 3.05) is 54.9 Å². The number of nitrogens with zero attached hydrogens (tertiary/aromatic N) is 5.